The lowest BCUT2D eigenvalue weighted by Gasteiger charge is -2.10. The summed E-state index contributed by atoms with van der Waals surface area (Å²) in [5.74, 6) is 2.15. The van der Waals surface area contributed by atoms with E-state index in [1.807, 2.05) is 19.2 Å². The van der Waals surface area contributed by atoms with E-state index in [2.05, 4.69) is 36.2 Å². The maximum absolute atomic E-state index is 4.68. The van der Waals surface area contributed by atoms with E-state index < -0.39 is 0 Å². The zero-order chi connectivity index (χ0) is 12.5. The standard InChI is InChI=1S/C13H13BrN4/c1-15-13-10(14)11(8-4-5-8)17-12(18-13)9-3-2-6-16-7-9/h2-3,6-8H,4-5H2,1H3,(H,15,17,18). The molecule has 1 fully saturated rings. The Hall–Kier alpha value is -1.49. The van der Waals surface area contributed by atoms with E-state index in [9.17, 15) is 0 Å². The van der Waals surface area contributed by atoms with Gasteiger partial charge in [0.2, 0.25) is 0 Å². The molecule has 0 spiro atoms. The van der Waals surface area contributed by atoms with Gasteiger partial charge in [-0.05, 0) is 40.9 Å². The first-order valence-corrected chi connectivity index (χ1v) is 6.74. The molecule has 0 radical (unpaired) electrons. The minimum absolute atomic E-state index is 0.574. The van der Waals surface area contributed by atoms with Crippen molar-refractivity contribution in [2.75, 3.05) is 12.4 Å². The van der Waals surface area contributed by atoms with Crippen molar-refractivity contribution >= 4 is 21.7 Å². The maximum atomic E-state index is 4.68. The molecule has 92 valence electrons. The molecule has 1 aliphatic carbocycles. The number of pyridine rings is 1. The molecule has 1 aliphatic rings. The van der Waals surface area contributed by atoms with E-state index in [4.69, 9.17) is 0 Å². The van der Waals surface area contributed by atoms with Crippen molar-refractivity contribution in [3.05, 3.63) is 34.7 Å². The molecule has 0 aliphatic heterocycles. The van der Waals surface area contributed by atoms with Crippen LogP contribution in [0.1, 0.15) is 24.5 Å². The number of anilines is 1. The van der Waals surface area contributed by atoms with Crippen LogP contribution in [-0.2, 0) is 0 Å². The Kier molecular flexibility index (Phi) is 2.99. The van der Waals surface area contributed by atoms with Gasteiger partial charge in [-0.15, -0.1) is 0 Å². The van der Waals surface area contributed by atoms with Crippen molar-refractivity contribution in [1.82, 2.24) is 15.0 Å². The molecule has 0 aromatic carbocycles. The number of nitrogens with one attached hydrogen (secondary N) is 1. The molecule has 3 rings (SSSR count). The average molecular weight is 305 g/mol. The van der Waals surface area contributed by atoms with Crippen molar-refractivity contribution in [2.45, 2.75) is 18.8 Å². The minimum Gasteiger partial charge on any atom is -0.372 e. The molecule has 5 heteroatoms. The summed E-state index contributed by atoms with van der Waals surface area (Å²) in [6.45, 7) is 0. The Labute approximate surface area is 114 Å². The summed E-state index contributed by atoms with van der Waals surface area (Å²) in [6, 6.07) is 3.88. The van der Waals surface area contributed by atoms with E-state index >= 15 is 0 Å². The van der Waals surface area contributed by atoms with E-state index in [-0.39, 0.29) is 0 Å². The highest BCUT2D eigenvalue weighted by Crippen LogP contribution is 2.44. The summed E-state index contributed by atoms with van der Waals surface area (Å²) in [7, 11) is 1.87. The second-order valence-electron chi connectivity index (χ2n) is 4.36. The van der Waals surface area contributed by atoms with Gasteiger partial charge in [0.05, 0.1) is 10.2 Å². The molecule has 1 saturated carbocycles. The largest absolute Gasteiger partial charge is 0.372 e. The van der Waals surface area contributed by atoms with Gasteiger partial charge in [-0.1, -0.05) is 0 Å². The highest BCUT2D eigenvalue weighted by atomic mass is 79.9. The second kappa shape index (κ2) is 4.65. The monoisotopic (exact) mass is 304 g/mol. The summed E-state index contributed by atoms with van der Waals surface area (Å²) in [5.41, 5.74) is 2.05. The van der Waals surface area contributed by atoms with Crippen LogP contribution in [0.2, 0.25) is 0 Å². The molecule has 0 unspecified atom stereocenters. The predicted molar refractivity (Wildman–Crippen MR) is 74.5 cm³/mol. The summed E-state index contributed by atoms with van der Waals surface area (Å²) < 4.78 is 0.986. The van der Waals surface area contributed by atoms with Gasteiger partial charge in [0.25, 0.3) is 0 Å². The molecule has 0 bridgehead atoms. The average Bonchev–Trinajstić information content (AvgIpc) is 3.24. The van der Waals surface area contributed by atoms with Crippen molar-refractivity contribution in [1.29, 1.82) is 0 Å². The molecular formula is C13H13BrN4. The fourth-order valence-corrected chi connectivity index (χ4v) is 2.58. The predicted octanol–water partition coefficient (Wildman–Crippen LogP) is 3.22. The molecule has 0 amide bonds. The van der Waals surface area contributed by atoms with Crippen molar-refractivity contribution in [3.63, 3.8) is 0 Å². The molecule has 18 heavy (non-hydrogen) atoms. The molecule has 2 heterocycles. The van der Waals surface area contributed by atoms with E-state index in [1.165, 1.54) is 12.8 Å². The van der Waals surface area contributed by atoms with E-state index in [1.54, 1.807) is 12.4 Å². The third kappa shape index (κ3) is 2.10. The quantitative estimate of drug-likeness (QED) is 0.946. The summed E-state index contributed by atoms with van der Waals surface area (Å²) in [6.07, 6.45) is 5.97. The number of nitrogens with zero attached hydrogens (tertiary/aromatic N) is 3. The topological polar surface area (TPSA) is 50.7 Å². The number of hydrogen-bond donors (Lipinski definition) is 1. The Morgan fingerprint density at radius 2 is 2.17 bits per heavy atom. The number of hydrogen-bond acceptors (Lipinski definition) is 4. The fraction of sp³-hybridized carbons (Fsp3) is 0.308. The zero-order valence-electron chi connectivity index (χ0n) is 10.0. The normalized spacial score (nSPS) is 14.6. The fourth-order valence-electron chi connectivity index (χ4n) is 1.88. The smallest absolute Gasteiger partial charge is 0.163 e. The highest BCUT2D eigenvalue weighted by Gasteiger charge is 2.29. The van der Waals surface area contributed by atoms with Gasteiger partial charge in [0.15, 0.2) is 5.82 Å². The van der Waals surface area contributed by atoms with Crippen molar-refractivity contribution in [2.24, 2.45) is 0 Å². The minimum atomic E-state index is 0.574. The van der Waals surface area contributed by atoms with Crippen LogP contribution >= 0.6 is 15.9 Å². The molecule has 2 aromatic heterocycles. The number of halogens is 1. The van der Waals surface area contributed by atoms with Gasteiger partial charge >= 0.3 is 0 Å². The SMILES string of the molecule is CNc1nc(-c2cccnc2)nc(C2CC2)c1Br. The first kappa shape index (κ1) is 11.6. The van der Waals surface area contributed by atoms with Crippen molar-refractivity contribution in [3.8, 4) is 11.4 Å². The Morgan fingerprint density at radius 1 is 1.33 bits per heavy atom. The lowest BCUT2D eigenvalue weighted by molar-refractivity contribution is 0.979. The third-order valence-electron chi connectivity index (χ3n) is 3.00. The lowest BCUT2D eigenvalue weighted by Crippen LogP contribution is -2.02. The second-order valence-corrected chi connectivity index (χ2v) is 5.15. The summed E-state index contributed by atoms with van der Waals surface area (Å²) >= 11 is 3.59. The Balaban J connectivity index is 2.13. The molecule has 4 nitrogen and oxygen atoms in total. The third-order valence-corrected chi connectivity index (χ3v) is 3.78. The molecule has 0 atom stereocenters. The van der Waals surface area contributed by atoms with Crippen LogP contribution in [0.25, 0.3) is 11.4 Å². The molecule has 1 N–H and O–H groups in total. The lowest BCUT2D eigenvalue weighted by atomic mass is 10.2. The van der Waals surface area contributed by atoms with E-state index in [0.717, 1.165) is 27.4 Å². The van der Waals surface area contributed by atoms with Crippen LogP contribution in [0.3, 0.4) is 0 Å². The van der Waals surface area contributed by atoms with Crippen LogP contribution in [0, 0.1) is 0 Å². The van der Waals surface area contributed by atoms with Gasteiger partial charge in [-0.25, -0.2) is 9.97 Å². The molecule has 2 aromatic rings. The first-order chi connectivity index (χ1) is 8.79. The number of aromatic nitrogens is 3. The Morgan fingerprint density at radius 3 is 2.78 bits per heavy atom. The van der Waals surface area contributed by atoms with Crippen LogP contribution in [0.15, 0.2) is 29.0 Å². The maximum Gasteiger partial charge on any atom is 0.163 e. The van der Waals surface area contributed by atoms with Gasteiger partial charge in [0, 0.05) is 30.9 Å². The molecule has 0 saturated heterocycles. The summed E-state index contributed by atoms with van der Waals surface area (Å²) in [4.78, 5) is 13.3. The first-order valence-electron chi connectivity index (χ1n) is 5.95. The van der Waals surface area contributed by atoms with Crippen LogP contribution < -0.4 is 5.32 Å². The van der Waals surface area contributed by atoms with Crippen molar-refractivity contribution < 1.29 is 0 Å². The summed E-state index contributed by atoms with van der Waals surface area (Å²) in [5, 5.41) is 3.11. The van der Waals surface area contributed by atoms with Gasteiger partial charge in [0.1, 0.15) is 5.82 Å². The number of rotatable bonds is 3. The van der Waals surface area contributed by atoms with Gasteiger partial charge < -0.3 is 5.32 Å². The van der Waals surface area contributed by atoms with E-state index in [0.29, 0.717) is 5.92 Å². The molecular weight excluding hydrogens is 292 g/mol. The van der Waals surface area contributed by atoms with Crippen LogP contribution in [0.4, 0.5) is 5.82 Å². The Bertz CT molecular complexity index is 567. The van der Waals surface area contributed by atoms with Crippen LogP contribution in [0.5, 0.6) is 0 Å². The van der Waals surface area contributed by atoms with Gasteiger partial charge in [-0.2, -0.15) is 0 Å². The zero-order valence-corrected chi connectivity index (χ0v) is 11.6. The van der Waals surface area contributed by atoms with Crippen LogP contribution in [-0.4, -0.2) is 22.0 Å². The highest BCUT2D eigenvalue weighted by molar-refractivity contribution is 9.10. The van der Waals surface area contributed by atoms with Gasteiger partial charge in [-0.3, -0.25) is 4.98 Å².